The number of benzene rings is 1. The molecule has 2 N–H and O–H groups in total. The SMILES string of the molecule is CC(NC(=O)C1CCNC1C)c1ccc(Cl)c(Cl)c1. The number of rotatable bonds is 3. The standard InChI is InChI=1S/C14H18Cl2N2O/c1-8(10-3-4-12(15)13(16)7-10)18-14(19)11-5-6-17-9(11)2/h3-4,7-9,11,17H,5-6H2,1-2H3,(H,18,19). The highest BCUT2D eigenvalue weighted by molar-refractivity contribution is 6.42. The van der Waals surface area contributed by atoms with Crippen LogP contribution < -0.4 is 10.6 Å². The van der Waals surface area contributed by atoms with Crippen LogP contribution in [0.15, 0.2) is 18.2 Å². The average molecular weight is 301 g/mol. The molecule has 1 aromatic rings. The maximum atomic E-state index is 12.2. The molecule has 3 atom stereocenters. The van der Waals surface area contributed by atoms with Crippen LogP contribution in [0.25, 0.3) is 0 Å². The fourth-order valence-electron chi connectivity index (χ4n) is 2.40. The first kappa shape index (κ1) is 14.6. The lowest BCUT2D eigenvalue weighted by atomic mass is 10.00. The third-order valence-corrected chi connectivity index (χ3v) is 4.40. The number of nitrogens with one attached hydrogen (secondary N) is 2. The Hall–Kier alpha value is -0.770. The zero-order valence-corrected chi connectivity index (χ0v) is 12.6. The van der Waals surface area contributed by atoms with Crippen molar-refractivity contribution in [3.63, 3.8) is 0 Å². The van der Waals surface area contributed by atoms with Crippen LogP contribution >= 0.6 is 23.2 Å². The Morgan fingerprint density at radius 3 is 2.74 bits per heavy atom. The van der Waals surface area contributed by atoms with E-state index in [9.17, 15) is 4.79 Å². The highest BCUT2D eigenvalue weighted by Gasteiger charge is 2.30. The number of hydrogen-bond donors (Lipinski definition) is 2. The summed E-state index contributed by atoms with van der Waals surface area (Å²) in [6.45, 7) is 4.89. The molecule has 3 nitrogen and oxygen atoms in total. The Bertz CT molecular complexity index is 479. The quantitative estimate of drug-likeness (QED) is 0.900. The molecule has 2 rings (SSSR count). The van der Waals surface area contributed by atoms with E-state index < -0.39 is 0 Å². The predicted molar refractivity (Wildman–Crippen MR) is 78.6 cm³/mol. The molecule has 0 bridgehead atoms. The maximum Gasteiger partial charge on any atom is 0.225 e. The van der Waals surface area contributed by atoms with Crippen LogP contribution in [0, 0.1) is 5.92 Å². The molecule has 0 spiro atoms. The van der Waals surface area contributed by atoms with E-state index in [1.165, 1.54) is 0 Å². The Labute approximate surface area is 123 Å². The van der Waals surface area contributed by atoms with E-state index in [0.717, 1.165) is 18.5 Å². The summed E-state index contributed by atoms with van der Waals surface area (Å²) >= 11 is 11.9. The number of amides is 1. The lowest BCUT2D eigenvalue weighted by molar-refractivity contribution is -0.125. The Morgan fingerprint density at radius 2 is 2.16 bits per heavy atom. The molecule has 0 radical (unpaired) electrons. The van der Waals surface area contributed by atoms with Crippen LogP contribution in [-0.4, -0.2) is 18.5 Å². The van der Waals surface area contributed by atoms with Crippen molar-refractivity contribution in [2.75, 3.05) is 6.54 Å². The molecule has 1 saturated heterocycles. The van der Waals surface area contributed by atoms with Crippen LogP contribution in [0.3, 0.4) is 0 Å². The van der Waals surface area contributed by atoms with E-state index >= 15 is 0 Å². The van der Waals surface area contributed by atoms with Gasteiger partial charge in [0.1, 0.15) is 0 Å². The van der Waals surface area contributed by atoms with Gasteiger partial charge in [0, 0.05) is 6.04 Å². The van der Waals surface area contributed by atoms with Crippen LogP contribution in [0.5, 0.6) is 0 Å². The first-order valence-electron chi connectivity index (χ1n) is 6.47. The molecule has 1 aromatic carbocycles. The molecule has 1 aliphatic rings. The summed E-state index contributed by atoms with van der Waals surface area (Å²) in [5, 5.41) is 7.35. The third kappa shape index (κ3) is 3.41. The summed E-state index contributed by atoms with van der Waals surface area (Å²) in [6, 6.07) is 5.60. The largest absolute Gasteiger partial charge is 0.349 e. The Morgan fingerprint density at radius 1 is 1.42 bits per heavy atom. The average Bonchev–Trinajstić information content (AvgIpc) is 2.79. The van der Waals surface area contributed by atoms with Crippen molar-refractivity contribution in [2.24, 2.45) is 5.92 Å². The second-order valence-electron chi connectivity index (χ2n) is 5.04. The van der Waals surface area contributed by atoms with E-state index in [1.54, 1.807) is 12.1 Å². The van der Waals surface area contributed by atoms with E-state index in [4.69, 9.17) is 23.2 Å². The van der Waals surface area contributed by atoms with Crippen molar-refractivity contribution in [2.45, 2.75) is 32.4 Å². The van der Waals surface area contributed by atoms with Gasteiger partial charge in [-0.25, -0.2) is 0 Å². The molecule has 1 fully saturated rings. The van der Waals surface area contributed by atoms with Crippen molar-refractivity contribution in [3.8, 4) is 0 Å². The minimum Gasteiger partial charge on any atom is -0.349 e. The molecule has 1 amide bonds. The number of carbonyl (C=O) groups is 1. The Kier molecular flexibility index (Phi) is 4.71. The minimum absolute atomic E-state index is 0.0465. The second-order valence-corrected chi connectivity index (χ2v) is 5.86. The number of halogens is 2. The molecule has 5 heteroatoms. The summed E-state index contributed by atoms with van der Waals surface area (Å²) in [4.78, 5) is 12.2. The van der Waals surface area contributed by atoms with Crippen LogP contribution in [-0.2, 0) is 4.79 Å². The zero-order valence-electron chi connectivity index (χ0n) is 11.0. The first-order chi connectivity index (χ1) is 8.99. The maximum absolute atomic E-state index is 12.2. The minimum atomic E-state index is -0.0740. The van der Waals surface area contributed by atoms with Crippen molar-refractivity contribution in [3.05, 3.63) is 33.8 Å². The summed E-state index contributed by atoms with van der Waals surface area (Å²) in [7, 11) is 0. The van der Waals surface area contributed by atoms with Gasteiger partial charge in [0.15, 0.2) is 0 Å². The lowest BCUT2D eigenvalue weighted by Gasteiger charge is -2.20. The van der Waals surface area contributed by atoms with E-state index in [2.05, 4.69) is 10.6 Å². The van der Waals surface area contributed by atoms with Crippen LogP contribution in [0.2, 0.25) is 10.0 Å². The van der Waals surface area contributed by atoms with Gasteiger partial charge >= 0.3 is 0 Å². The fourth-order valence-corrected chi connectivity index (χ4v) is 2.71. The molecule has 0 aliphatic carbocycles. The van der Waals surface area contributed by atoms with Gasteiger partial charge in [-0.1, -0.05) is 29.3 Å². The van der Waals surface area contributed by atoms with Gasteiger partial charge in [-0.2, -0.15) is 0 Å². The van der Waals surface area contributed by atoms with Crippen molar-refractivity contribution in [1.29, 1.82) is 0 Å². The summed E-state index contributed by atoms with van der Waals surface area (Å²) in [6.07, 6.45) is 0.890. The van der Waals surface area contributed by atoms with Gasteiger partial charge in [-0.05, 0) is 44.5 Å². The highest BCUT2D eigenvalue weighted by atomic mass is 35.5. The third-order valence-electron chi connectivity index (χ3n) is 3.66. The van der Waals surface area contributed by atoms with Gasteiger partial charge in [0.05, 0.1) is 22.0 Å². The van der Waals surface area contributed by atoms with Gasteiger partial charge in [-0.3, -0.25) is 4.79 Å². The first-order valence-corrected chi connectivity index (χ1v) is 7.23. The molecular weight excluding hydrogens is 283 g/mol. The van der Waals surface area contributed by atoms with E-state index in [1.807, 2.05) is 19.9 Å². The summed E-state index contributed by atoms with van der Waals surface area (Å²) in [5.74, 6) is 0.140. The van der Waals surface area contributed by atoms with Crippen LogP contribution in [0.4, 0.5) is 0 Å². The molecule has 19 heavy (non-hydrogen) atoms. The topological polar surface area (TPSA) is 41.1 Å². The summed E-state index contributed by atoms with van der Waals surface area (Å²) < 4.78 is 0. The monoisotopic (exact) mass is 300 g/mol. The van der Waals surface area contributed by atoms with Gasteiger partial charge in [0.2, 0.25) is 5.91 Å². The van der Waals surface area contributed by atoms with Gasteiger partial charge in [-0.15, -0.1) is 0 Å². The molecule has 1 aliphatic heterocycles. The van der Waals surface area contributed by atoms with Gasteiger partial charge in [0.25, 0.3) is 0 Å². The number of hydrogen-bond acceptors (Lipinski definition) is 2. The molecule has 3 unspecified atom stereocenters. The number of carbonyl (C=O) groups excluding carboxylic acids is 1. The molecule has 1 heterocycles. The van der Waals surface area contributed by atoms with Crippen molar-refractivity contribution >= 4 is 29.1 Å². The lowest BCUT2D eigenvalue weighted by Crippen LogP contribution is -2.37. The fraction of sp³-hybridized carbons (Fsp3) is 0.500. The Balaban J connectivity index is 2.02. The van der Waals surface area contributed by atoms with Crippen molar-refractivity contribution < 1.29 is 4.79 Å². The molecule has 0 saturated carbocycles. The molecule has 104 valence electrons. The van der Waals surface area contributed by atoms with Gasteiger partial charge < -0.3 is 10.6 Å². The highest BCUT2D eigenvalue weighted by Crippen LogP contribution is 2.26. The van der Waals surface area contributed by atoms with Crippen LogP contribution in [0.1, 0.15) is 31.9 Å². The smallest absolute Gasteiger partial charge is 0.225 e. The summed E-state index contributed by atoms with van der Waals surface area (Å²) in [5.41, 5.74) is 0.960. The molecular formula is C14H18Cl2N2O. The second kappa shape index (κ2) is 6.12. The predicted octanol–water partition coefficient (Wildman–Crippen LogP) is 3.17. The zero-order chi connectivity index (χ0) is 14.0. The molecule has 0 aromatic heterocycles. The van der Waals surface area contributed by atoms with E-state index in [-0.39, 0.29) is 23.9 Å². The van der Waals surface area contributed by atoms with Crippen molar-refractivity contribution in [1.82, 2.24) is 10.6 Å². The van der Waals surface area contributed by atoms with E-state index in [0.29, 0.717) is 10.0 Å². The normalized spacial score (nSPS) is 24.2.